The smallest absolute Gasteiger partial charge is 0.274 e. The maximum Gasteiger partial charge on any atom is 0.274 e. The summed E-state index contributed by atoms with van der Waals surface area (Å²) in [7, 11) is 0. The van der Waals surface area contributed by atoms with Crippen molar-refractivity contribution in [1.82, 2.24) is 5.43 Å². The minimum atomic E-state index is -0.538. The highest BCUT2D eigenvalue weighted by atomic mass is 16.5. The first-order valence-corrected chi connectivity index (χ1v) is 6.87. The van der Waals surface area contributed by atoms with E-state index >= 15 is 0 Å². The van der Waals surface area contributed by atoms with Gasteiger partial charge in [-0.15, -0.1) is 0 Å². The molecule has 1 aromatic carbocycles. The lowest BCUT2D eigenvalue weighted by Gasteiger charge is -2.06. The highest BCUT2D eigenvalue weighted by Gasteiger charge is 2.10. The van der Waals surface area contributed by atoms with Gasteiger partial charge < -0.3 is 14.9 Å². The van der Waals surface area contributed by atoms with Crippen molar-refractivity contribution in [3.05, 3.63) is 53.5 Å². The summed E-state index contributed by atoms with van der Waals surface area (Å²) < 4.78 is 10.2. The Labute approximate surface area is 133 Å². The Hall–Kier alpha value is -3.09. The summed E-state index contributed by atoms with van der Waals surface area (Å²) >= 11 is 0. The van der Waals surface area contributed by atoms with E-state index in [-0.39, 0.29) is 12.5 Å². The second-order valence-corrected chi connectivity index (χ2v) is 4.81. The summed E-state index contributed by atoms with van der Waals surface area (Å²) in [6, 6.07) is 8.51. The van der Waals surface area contributed by atoms with Gasteiger partial charge in [-0.05, 0) is 49.7 Å². The second-order valence-electron chi connectivity index (χ2n) is 4.81. The molecule has 0 radical (unpaired) electrons. The molecule has 0 unspecified atom stereocenters. The molecule has 1 aromatic heterocycles. The van der Waals surface area contributed by atoms with Crippen LogP contribution in [0.3, 0.4) is 0 Å². The minimum absolute atomic E-state index is 0.174. The van der Waals surface area contributed by atoms with E-state index in [9.17, 15) is 9.59 Å². The lowest BCUT2D eigenvalue weighted by molar-refractivity contribution is -0.119. The number of ether oxygens (including phenoxy) is 1. The number of hydrogen-bond donors (Lipinski definition) is 2. The number of nitrogens with two attached hydrogens (primary N) is 1. The molecular formula is C16H17N3O4. The largest absolute Gasteiger partial charge is 0.484 e. The number of rotatable bonds is 6. The Morgan fingerprint density at radius 2 is 1.96 bits per heavy atom. The van der Waals surface area contributed by atoms with Gasteiger partial charge in [-0.2, -0.15) is 5.10 Å². The highest BCUT2D eigenvalue weighted by molar-refractivity contribution is 6.01. The van der Waals surface area contributed by atoms with Crippen molar-refractivity contribution in [3.8, 4) is 5.75 Å². The van der Waals surface area contributed by atoms with Gasteiger partial charge in [0.15, 0.2) is 6.61 Å². The van der Waals surface area contributed by atoms with Crippen molar-refractivity contribution in [2.75, 3.05) is 6.61 Å². The molecule has 0 aliphatic heterocycles. The topological polar surface area (TPSA) is 107 Å². The van der Waals surface area contributed by atoms with Crippen LogP contribution >= 0.6 is 0 Å². The fourth-order valence-corrected chi connectivity index (χ4v) is 1.83. The van der Waals surface area contributed by atoms with Gasteiger partial charge in [0, 0.05) is 0 Å². The van der Waals surface area contributed by atoms with Crippen molar-refractivity contribution in [2.24, 2.45) is 10.8 Å². The molecule has 7 heteroatoms. The SMILES string of the molecule is CC(=NNC(=O)c1ccoc1C)c1ccc(OCC(N)=O)cc1. The number of aryl methyl sites for hydroxylation is 1. The quantitative estimate of drug-likeness (QED) is 0.623. The van der Waals surface area contributed by atoms with E-state index in [1.165, 1.54) is 6.26 Å². The van der Waals surface area contributed by atoms with E-state index in [1.54, 1.807) is 44.2 Å². The number of benzene rings is 1. The van der Waals surface area contributed by atoms with Gasteiger partial charge in [-0.3, -0.25) is 9.59 Å². The van der Waals surface area contributed by atoms with Crippen LogP contribution in [0.25, 0.3) is 0 Å². The Morgan fingerprint density at radius 1 is 1.26 bits per heavy atom. The standard InChI is InChI=1S/C16H17N3O4/c1-10(18-19-16(21)14-7-8-22-11(14)2)12-3-5-13(6-4-12)23-9-15(17)20/h3-8H,9H2,1-2H3,(H2,17,20)(H,19,21). The number of primary amides is 1. The average molecular weight is 315 g/mol. The van der Waals surface area contributed by atoms with E-state index < -0.39 is 5.91 Å². The zero-order chi connectivity index (χ0) is 16.8. The van der Waals surface area contributed by atoms with Crippen LogP contribution in [-0.4, -0.2) is 24.1 Å². The van der Waals surface area contributed by atoms with Crippen LogP contribution < -0.4 is 15.9 Å². The maximum absolute atomic E-state index is 11.9. The molecule has 0 spiro atoms. The third-order valence-corrected chi connectivity index (χ3v) is 3.08. The first-order valence-electron chi connectivity index (χ1n) is 6.87. The Bertz CT molecular complexity index is 732. The molecule has 0 saturated heterocycles. The normalized spacial score (nSPS) is 11.1. The zero-order valence-corrected chi connectivity index (χ0v) is 12.8. The molecule has 2 aromatic rings. The van der Waals surface area contributed by atoms with Crippen LogP contribution in [0.15, 0.2) is 46.1 Å². The summed E-state index contributed by atoms with van der Waals surface area (Å²) in [5, 5.41) is 4.06. The van der Waals surface area contributed by atoms with Gasteiger partial charge >= 0.3 is 0 Å². The summed E-state index contributed by atoms with van der Waals surface area (Å²) in [6.07, 6.45) is 1.45. The summed E-state index contributed by atoms with van der Waals surface area (Å²) in [5.41, 5.74) is 9.36. The van der Waals surface area contributed by atoms with Gasteiger partial charge in [0.05, 0.1) is 17.5 Å². The first-order chi connectivity index (χ1) is 11.0. The molecule has 2 rings (SSSR count). The molecule has 0 saturated carbocycles. The van der Waals surface area contributed by atoms with Crippen molar-refractivity contribution in [2.45, 2.75) is 13.8 Å². The molecule has 0 aliphatic carbocycles. The Morgan fingerprint density at radius 3 is 2.52 bits per heavy atom. The van der Waals surface area contributed by atoms with E-state index in [1.807, 2.05) is 0 Å². The number of amides is 2. The van der Waals surface area contributed by atoms with E-state index in [0.717, 1.165) is 5.56 Å². The van der Waals surface area contributed by atoms with Gasteiger partial charge in [0.2, 0.25) is 0 Å². The average Bonchev–Trinajstić information content (AvgIpc) is 2.97. The third kappa shape index (κ3) is 4.44. The highest BCUT2D eigenvalue weighted by Crippen LogP contribution is 2.13. The summed E-state index contributed by atoms with van der Waals surface area (Å²) in [6.45, 7) is 3.30. The molecular weight excluding hydrogens is 298 g/mol. The first kappa shape index (κ1) is 16.3. The molecule has 0 aliphatic rings. The number of carbonyl (C=O) groups is 2. The zero-order valence-electron chi connectivity index (χ0n) is 12.8. The number of carbonyl (C=O) groups excluding carboxylic acids is 2. The Balaban J connectivity index is 1.99. The maximum atomic E-state index is 11.9. The van der Waals surface area contributed by atoms with Crippen LogP contribution in [0.4, 0.5) is 0 Å². The Kier molecular flexibility index (Phi) is 5.14. The van der Waals surface area contributed by atoms with Gasteiger partial charge in [0.25, 0.3) is 11.8 Å². The number of nitrogens with one attached hydrogen (secondary N) is 1. The van der Waals surface area contributed by atoms with Crippen molar-refractivity contribution in [1.29, 1.82) is 0 Å². The summed E-state index contributed by atoms with van der Waals surface area (Å²) in [4.78, 5) is 22.6. The molecule has 0 bridgehead atoms. The van der Waals surface area contributed by atoms with Crippen molar-refractivity contribution < 1.29 is 18.7 Å². The van der Waals surface area contributed by atoms with Crippen LogP contribution in [0.2, 0.25) is 0 Å². The van der Waals surface area contributed by atoms with E-state index in [0.29, 0.717) is 22.8 Å². The summed E-state index contributed by atoms with van der Waals surface area (Å²) in [5.74, 6) is 0.186. The number of nitrogens with zero attached hydrogens (tertiary/aromatic N) is 1. The molecule has 3 N–H and O–H groups in total. The molecule has 7 nitrogen and oxygen atoms in total. The second kappa shape index (κ2) is 7.26. The van der Waals surface area contributed by atoms with Crippen molar-refractivity contribution >= 4 is 17.5 Å². The fraction of sp³-hybridized carbons (Fsp3) is 0.188. The van der Waals surface area contributed by atoms with Crippen molar-refractivity contribution in [3.63, 3.8) is 0 Å². The molecule has 0 fully saturated rings. The fourth-order valence-electron chi connectivity index (χ4n) is 1.83. The van der Waals surface area contributed by atoms with Gasteiger partial charge in [0.1, 0.15) is 11.5 Å². The molecule has 1 heterocycles. The predicted octanol–water partition coefficient (Wildman–Crippen LogP) is 1.61. The minimum Gasteiger partial charge on any atom is -0.484 e. The predicted molar refractivity (Wildman–Crippen MR) is 84.3 cm³/mol. The van der Waals surface area contributed by atoms with Gasteiger partial charge in [-0.25, -0.2) is 5.43 Å². The van der Waals surface area contributed by atoms with E-state index in [4.69, 9.17) is 14.9 Å². The number of hydrazone groups is 1. The lowest BCUT2D eigenvalue weighted by atomic mass is 10.1. The van der Waals surface area contributed by atoms with Gasteiger partial charge in [-0.1, -0.05) is 0 Å². The number of furan rings is 1. The van der Waals surface area contributed by atoms with Crippen LogP contribution in [-0.2, 0) is 4.79 Å². The van der Waals surface area contributed by atoms with Crippen LogP contribution in [0.1, 0.15) is 28.6 Å². The van der Waals surface area contributed by atoms with Crippen LogP contribution in [0.5, 0.6) is 5.75 Å². The molecule has 120 valence electrons. The lowest BCUT2D eigenvalue weighted by Crippen LogP contribution is -2.20. The molecule has 2 amide bonds. The monoisotopic (exact) mass is 315 g/mol. The molecule has 23 heavy (non-hydrogen) atoms. The number of hydrogen-bond acceptors (Lipinski definition) is 5. The van der Waals surface area contributed by atoms with E-state index in [2.05, 4.69) is 10.5 Å². The molecule has 0 atom stereocenters. The van der Waals surface area contributed by atoms with Crippen LogP contribution in [0, 0.1) is 6.92 Å². The third-order valence-electron chi connectivity index (χ3n) is 3.08.